The first-order valence-electron chi connectivity index (χ1n) is 8.97. The molecule has 4 aliphatic rings. The zero-order valence-corrected chi connectivity index (χ0v) is 15.4. The Bertz CT molecular complexity index is 713. The number of hydrogen-bond donors (Lipinski definition) is 1. The fraction of sp³-hybridized carbons (Fsp3) is 0.526. The Hall–Kier alpha value is -1.17. The van der Waals surface area contributed by atoms with E-state index < -0.39 is 0 Å². The molecule has 24 heavy (non-hydrogen) atoms. The van der Waals surface area contributed by atoms with Crippen LogP contribution in [-0.4, -0.2) is 51.7 Å². The Labute approximate surface area is 151 Å². The number of nitrogens with zero attached hydrogens (tertiary/aromatic N) is 3. The lowest BCUT2D eigenvalue weighted by atomic mass is 9.49. The average molecular weight is 387 g/mol. The maximum Gasteiger partial charge on any atom is 0.0695 e. The average Bonchev–Trinajstić information content (AvgIpc) is 2.95. The Morgan fingerprint density at radius 2 is 1.79 bits per heavy atom. The van der Waals surface area contributed by atoms with E-state index in [1.165, 1.54) is 56.6 Å². The third kappa shape index (κ3) is 2.45. The summed E-state index contributed by atoms with van der Waals surface area (Å²) in [4.78, 5) is 5.35. The molecule has 4 nitrogen and oxygen atoms in total. The summed E-state index contributed by atoms with van der Waals surface area (Å²) < 4.78 is 1.11. The Balaban J connectivity index is 1.24. The van der Waals surface area contributed by atoms with Gasteiger partial charge in [-0.2, -0.15) is 5.10 Å². The normalized spacial score (nSPS) is 30.0. The van der Waals surface area contributed by atoms with Crippen LogP contribution in [0, 0.1) is 5.92 Å². The van der Waals surface area contributed by atoms with Crippen LogP contribution < -0.4 is 0 Å². The maximum absolute atomic E-state index is 4.30. The zero-order chi connectivity index (χ0) is 16.1. The van der Waals surface area contributed by atoms with Gasteiger partial charge in [0, 0.05) is 48.3 Å². The van der Waals surface area contributed by atoms with Crippen LogP contribution in [-0.2, 0) is 6.54 Å². The summed E-state index contributed by atoms with van der Waals surface area (Å²) in [5, 5.41) is 7.48. The number of hydrogen-bond acceptors (Lipinski definition) is 3. The van der Waals surface area contributed by atoms with E-state index in [1.54, 1.807) is 0 Å². The first-order valence-corrected chi connectivity index (χ1v) is 9.77. The van der Waals surface area contributed by atoms with Crippen LogP contribution in [0.5, 0.6) is 0 Å². The zero-order valence-electron chi connectivity index (χ0n) is 13.8. The van der Waals surface area contributed by atoms with Gasteiger partial charge in [0.1, 0.15) is 0 Å². The standard InChI is InChI=1S/C19H23BrN4/c20-17-3-1-15(2-4-17)18-16(12-21-22-18)13-23-5-7-24(8-6-23)19-9-14(10-19)11-19/h1-4,12,14H,5-11,13H2,(H,21,22). The minimum atomic E-state index is 0.634. The van der Waals surface area contributed by atoms with E-state index in [4.69, 9.17) is 0 Å². The van der Waals surface area contributed by atoms with Crippen molar-refractivity contribution in [3.63, 3.8) is 0 Å². The molecule has 4 fully saturated rings. The number of piperazine rings is 1. The summed E-state index contributed by atoms with van der Waals surface area (Å²) in [6.07, 6.45) is 6.41. The van der Waals surface area contributed by atoms with Gasteiger partial charge in [-0.05, 0) is 42.9 Å². The second-order valence-corrected chi connectivity index (χ2v) is 8.66. The molecule has 0 unspecified atom stereocenters. The molecule has 2 aromatic rings. The quantitative estimate of drug-likeness (QED) is 0.872. The summed E-state index contributed by atoms with van der Waals surface area (Å²) in [6, 6.07) is 8.45. The predicted octanol–water partition coefficient (Wildman–Crippen LogP) is 3.51. The summed E-state index contributed by atoms with van der Waals surface area (Å²) in [7, 11) is 0. The van der Waals surface area contributed by atoms with Crippen molar-refractivity contribution >= 4 is 15.9 Å². The van der Waals surface area contributed by atoms with Gasteiger partial charge >= 0.3 is 0 Å². The van der Waals surface area contributed by atoms with E-state index in [9.17, 15) is 0 Å². The summed E-state index contributed by atoms with van der Waals surface area (Å²) in [6.45, 7) is 5.82. The highest BCUT2D eigenvalue weighted by molar-refractivity contribution is 9.10. The largest absolute Gasteiger partial charge is 0.296 e. The SMILES string of the molecule is Brc1ccc(-c2[nH]ncc2CN2CCN(C34CC(C3)C4)CC2)cc1. The van der Waals surface area contributed by atoms with Crippen LogP contribution in [0.15, 0.2) is 34.9 Å². The van der Waals surface area contributed by atoms with Gasteiger partial charge in [-0.3, -0.25) is 14.9 Å². The minimum Gasteiger partial charge on any atom is -0.296 e. The number of halogens is 1. The highest BCUT2D eigenvalue weighted by atomic mass is 79.9. The molecule has 5 heteroatoms. The van der Waals surface area contributed by atoms with E-state index >= 15 is 0 Å². The summed E-state index contributed by atoms with van der Waals surface area (Å²) in [5.41, 5.74) is 4.30. The molecule has 126 valence electrons. The molecule has 2 bridgehead atoms. The van der Waals surface area contributed by atoms with Crippen molar-refractivity contribution in [1.82, 2.24) is 20.0 Å². The second kappa shape index (κ2) is 5.68. The van der Waals surface area contributed by atoms with Crippen LogP contribution in [0.25, 0.3) is 11.3 Å². The fourth-order valence-corrected chi connectivity index (χ4v) is 5.00. The van der Waals surface area contributed by atoms with Crippen LogP contribution in [0.1, 0.15) is 24.8 Å². The molecule has 0 radical (unpaired) electrons. The van der Waals surface area contributed by atoms with Crippen LogP contribution in [0.2, 0.25) is 0 Å². The molecule has 3 aliphatic carbocycles. The van der Waals surface area contributed by atoms with Crippen molar-refractivity contribution in [2.75, 3.05) is 26.2 Å². The smallest absolute Gasteiger partial charge is 0.0695 e. The van der Waals surface area contributed by atoms with E-state index in [-0.39, 0.29) is 0 Å². The molecule has 2 heterocycles. The van der Waals surface area contributed by atoms with Crippen LogP contribution >= 0.6 is 15.9 Å². The molecule has 1 aromatic carbocycles. The lowest BCUT2D eigenvalue weighted by Gasteiger charge is -2.67. The predicted molar refractivity (Wildman–Crippen MR) is 98.6 cm³/mol. The van der Waals surface area contributed by atoms with Crippen molar-refractivity contribution in [1.29, 1.82) is 0 Å². The van der Waals surface area contributed by atoms with Crippen molar-refractivity contribution in [2.24, 2.45) is 5.92 Å². The monoisotopic (exact) mass is 386 g/mol. The van der Waals surface area contributed by atoms with Gasteiger partial charge in [-0.25, -0.2) is 0 Å². The maximum atomic E-state index is 4.30. The molecule has 0 amide bonds. The number of nitrogens with one attached hydrogen (secondary N) is 1. The molecule has 6 rings (SSSR count). The Kier molecular flexibility index (Phi) is 3.58. The van der Waals surface area contributed by atoms with E-state index in [0.29, 0.717) is 5.54 Å². The topological polar surface area (TPSA) is 35.2 Å². The van der Waals surface area contributed by atoms with Gasteiger partial charge in [0.05, 0.1) is 11.9 Å². The fourth-order valence-electron chi connectivity index (χ4n) is 4.74. The second-order valence-electron chi connectivity index (χ2n) is 7.74. The number of rotatable bonds is 4. The molecule has 0 atom stereocenters. The molecular weight excluding hydrogens is 364 g/mol. The van der Waals surface area contributed by atoms with Gasteiger partial charge < -0.3 is 0 Å². The lowest BCUT2D eigenvalue weighted by Crippen LogP contribution is -2.70. The molecule has 1 N–H and O–H groups in total. The van der Waals surface area contributed by atoms with Gasteiger partial charge in [-0.1, -0.05) is 28.1 Å². The van der Waals surface area contributed by atoms with Crippen molar-refractivity contribution in [3.05, 3.63) is 40.5 Å². The number of aromatic amines is 1. The van der Waals surface area contributed by atoms with Crippen LogP contribution in [0.4, 0.5) is 0 Å². The molecule has 1 aromatic heterocycles. The third-order valence-corrected chi connectivity index (χ3v) is 6.82. The van der Waals surface area contributed by atoms with Gasteiger partial charge in [0.25, 0.3) is 0 Å². The Morgan fingerprint density at radius 3 is 2.42 bits per heavy atom. The molecule has 1 saturated heterocycles. The van der Waals surface area contributed by atoms with E-state index in [0.717, 1.165) is 22.6 Å². The Morgan fingerprint density at radius 1 is 1.08 bits per heavy atom. The van der Waals surface area contributed by atoms with Crippen molar-refractivity contribution < 1.29 is 0 Å². The van der Waals surface area contributed by atoms with Crippen molar-refractivity contribution in [3.8, 4) is 11.3 Å². The van der Waals surface area contributed by atoms with E-state index in [2.05, 4.69) is 60.2 Å². The number of benzene rings is 1. The van der Waals surface area contributed by atoms with Gasteiger partial charge in [0.2, 0.25) is 0 Å². The molecule has 0 spiro atoms. The van der Waals surface area contributed by atoms with Gasteiger partial charge in [-0.15, -0.1) is 0 Å². The van der Waals surface area contributed by atoms with Gasteiger partial charge in [0.15, 0.2) is 0 Å². The van der Waals surface area contributed by atoms with E-state index in [1.807, 2.05) is 6.20 Å². The van der Waals surface area contributed by atoms with Crippen molar-refractivity contribution in [2.45, 2.75) is 31.3 Å². The summed E-state index contributed by atoms with van der Waals surface area (Å²) >= 11 is 3.50. The number of aromatic nitrogens is 2. The molecule has 3 saturated carbocycles. The molecule has 1 aliphatic heterocycles. The first kappa shape index (κ1) is 15.1. The summed E-state index contributed by atoms with van der Waals surface area (Å²) in [5.74, 6) is 1.07. The third-order valence-electron chi connectivity index (χ3n) is 6.29. The minimum absolute atomic E-state index is 0.634. The highest BCUT2D eigenvalue weighted by Crippen LogP contribution is 2.60. The first-order chi connectivity index (χ1) is 11.7. The van der Waals surface area contributed by atoms with Crippen LogP contribution in [0.3, 0.4) is 0 Å². The lowest BCUT2D eigenvalue weighted by molar-refractivity contribution is -0.155. The molecular formula is C19H23BrN4. The highest BCUT2D eigenvalue weighted by Gasteiger charge is 2.59. The number of H-pyrrole nitrogens is 1.